The third-order valence-electron chi connectivity index (χ3n) is 6.32. The van der Waals surface area contributed by atoms with E-state index in [1.807, 2.05) is 26.8 Å². The van der Waals surface area contributed by atoms with Crippen LogP contribution in [0.15, 0.2) is 42.5 Å². The van der Waals surface area contributed by atoms with Gasteiger partial charge in [0.2, 0.25) is 5.91 Å². The second-order valence-corrected chi connectivity index (χ2v) is 12.2. The summed E-state index contributed by atoms with van der Waals surface area (Å²) in [4.78, 5) is 42.6. The number of para-hydroxylation sites is 2. The smallest absolute Gasteiger partial charge is 0.408 e. The predicted molar refractivity (Wildman–Crippen MR) is 155 cm³/mol. The second kappa shape index (κ2) is 12.7. The number of halogens is 1. The van der Waals surface area contributed by atoms with Crippen LogP contribution in [0, 0.1) is 12.8 Å². The highest BCUT2D eigenvalue weighted by Crippen LogP contribution is 2.37. The normalized spacial score (nSPS) is 14.1. The van der Waals surface area contributed by atoms with Gasteiger partial charge >= 0.3 is 6.09 Å². The zero-order valence-corrected chi connectivity index (χ0v) is 25.1. The number of nitrogens with one attached hydrogen (secondary N) is 2. The summed E-state index contributed by atoms with van der Waals surface area (Å²) in [6, 6.07) is 9.40. The molecule has 39 heavy (non-hydrogen) atoms. The van der Waals surface area contributed by atoms with E-state index in [4.69, 9.17) is 16.3 Å². The highest BCUT2D eigenvalue weighted by molar-refractivity contribution is 6.34. The summed E-state index contributed by atoms with van der Waals surface area (Å²) in [5.74, 6) is -1.47. The minimum absolute atomic E-state index is 0.143. The number of aryl methyl sites for hydroxylation is 1. The van der Waals surface area contributed by atoms with Crippen LogP contribution in [0.25, 0.3) is 0 Å². The van der Waals surface area contributed by atoms with Crippen molar-refractivity contribution in [3.8, 4) is 5.75 Å². The van der Waals surface area contributed by atoms with Crippen LogP contribution < -0.4 is 10.6 Å². The number of anilines is 1. The van der Waals surface area contributed by atoms with Crippen LogP contribution in [-0.4, -0.2) is 45.1 Å². The molecule has 2 aromatic rings. The number of nitrogens with zero attached hydrogens (tertiary/aromatic N) is 1. The molecule has 3 unspecified atom stereocenters. The lowest BCUT2D eigenvalue weighted by atomic mass is 9.91. The number of aromatic hydroxyl groups is 1. The lowest BCUT2D eigenvalue weighted by Crippen LogP contribution is -2.59. The van der Waals surface area contributed by atoms with Gasteiger partial charge in [0.1, 0.15) is 23.4 Å². The number of carbonyl (C=O) groups is 3. The van der Waals surface area contributed by atoms with Crippen molar-refractivity contribution in [1.82, 2.24) is 10.2 Å². The number of benzene rings is 2. The van der Waals surface area contributed by atoms with E-state index in [0.717, 1.165) is 5.56 Å². The zero-order valence-electron chi connectivity index (χ0n) is 24.4. The van der Waals surface area contributed by atoms with Gasteiger partial charge in [-0.3, -0.25) is 9.59 Å². The standard InChI is InChI=1S/C30H42ClN3O5/c1-10-18(2)24(33-28(38)39-30(7,8)9)27(37)34(29(4,5)6)25(20-15-11-12-17-22(20)35)26(36)32-23-19(3)14-13-16-21(23)31/h11-18,24-25,35H,10H2,1-9H3,(H,32,36)(H,33,38). The SMILES string of the molecule is CCC(C)C(NC(=O)OC(C)(C)C)C(=O)N(C(C(=O)Nc1c(C)cccc1Cl)c1ccccc1O)C(C)(C)C. The molecule has 0 saturated carbocycles. The van der Waals surface area contributed by atoms with Gasteiger partial charge in [-0.1, -0.05) is 62.2 Å². The Hall–Kier alpha value is -3.26. The Morgan fingerprint density at radius 1 is 1.03 bits per heavy atom. The summed E-state index contributed by atoms with van der Waals surface area (Å²) in [5, 5.41) is 16.8. The third kappa shape index (κ3) is 8.36. The first-order valence-corrected chi connectivity index (χ1v) is 13.5. The number of phenolic OH excluding ortho intramolecular Hbond substituents is 1. The van der Waals surface area contributed by atoms with E-state index < -0.39 is 41.1 Å². The van der Waals surface area contributed by atoms with Crippen molar-refractivity contribution >= 4 is 35.2 Å². The molecule has 3 amide bonds. The number of phenols is 1. The predicted octanol–water partition coefficient (Wildman–Crippen LogP) is 6.60. The first-order valence-electron chi connectivity index (χ1n) is 13.1. The monoisotopic (exact) mass is 559 g/mol. The fraction of sp³-hybridized carbons (Fsp3) is 0.500. The molecular weight excluding hydrogens is 518 g/mol. The molecule has 0 aliphatic carbocycles. The van der Waals surface area contributed by atoms with Crippen LogP contribution in [0.1, 0.15) is 79.0 Å². The van der Waals surface area contributed by atoms with Gasteiger partial charge in [-0.25, -0.2) is 4.79 Å². The maximum atomic E-state index is 14.4. The van der Waals surface area contributed by atoms with Crippen molar-refractivity contribution in [2.45, 2.75) is 92.0 Å². The van der Waals surface area contributed by atoms with Crippen molar-refractivity contribution in [3.05, 3.63) is 58.6 Å². The number of alkyl carbamates (subject to hydrolysis) is 1. The second-order valence-electron chi connectivity index (χ2n) is 11.8. The molecule has 0 heterocycles. The van der Waals surface area contributed by atoms with Crippen molar-refractivity contribution in [2.75, 3.05) is 5.32 Å². The van der Waals surface area contributed by atoms with Gasteiger partial charge in [-0.2, -0.15) is 0 Å². The van der Waals surface area contributed by atoms with Crippen molar-refractivity contribution in [3.63, 3.8) is 0 Å². The molecule has 0 spiro atoms. The van der Waals surface area contributed by atoms with Gasteiger partial charge in [0.25, 0.3) is 5.91 Å². The van der Waals surface area contributed by atoms with Crippen molar-refractivity contribution < 1.29 is 24.2 Å². The van der Waals surface area contributed by atoms with Crippen LogP contribution in [0.4, 0.5) is 10.5 Å². The molecule has 0 aromatic heterocycles. The van der Waals surface area contributed by atoms with E-state index in [2.05, 4.69) is 10.6 Å². The maximum absolute atomic E-state index is 14.4. The van der Waals surface area contributed by atoms with Crippen LogP contribution in [0.2, 0.25) is 5.02 Å². The molecule has 0 saturated heterocycles. The Morgan fingerprint density at radius 3 is 2.15 bits per heavy atom. The first kappa shape index (κ1) is 32.0. The van der Waals surface area contributed by atoms with Gasteiger partial charge in [-0.15, -0.1) is 0 Å². The molecule has 0 fully saturated rings. The number of ether oxygens (including phenoxy) is 1. The Labute approximate surface area is 237 Å². The van der Waals surface area contributed by atoms with Gasteiger partial charge in [-0.05, 0) is 72.1 Å². The first-order chi connectivity index (χ1) is 18.0. The zero-order chi connectivity index (χ0) is 29.7. The van der Waals surface area contributed by atoms with Crippen LogP contribution in [-0.2, 0) is 14.3 Å². The summed E-state index contributed by atoms with van der Waals surface area (Å²) in [5.41, 5.74) is -0.274. The molecule has 0 aliphatic rings. The lowest BCUT2D eigenvalue weighted by Gasteiger charge is -2.44. The van der Waals surface area contributed by atoms with Crippen LogP contribution in [0.5, 0.6) is 5.75 Å². The molecule has 3 atom stereocenters. The van der Waals surface area contributed by atoms with Crippen LogP contribution >= 0.6 is 11.6 Å². The molecule has 8 nitrogen and oxygen atoms in total. The number of rotatable bonds is 8. The lowest BCUT2D eigenvalue weighted by molar-refractivity contribution is -0.148. The molecule has 2 rings (SSSR count). The largest absolute Gasteiger partial charge is 0.508 e. The number of amides is 3. The molecule has 3 N–H and O–H groups in total. The summed E-state index contributed by atoms with van der Waals surface area (Å²) in [6.07, 6.45) is -0.151. The molecule has 0 aliphatic heterocycles. The van der Waals surface area contributed by atoms with E-state index in [1.165, 1.54) is 11.0 Å². The summed E-state index contributed by atoms with van der Waals surface area (Å²) in [7, 11) is 0. The van der Waals surface area contributed by atoms with E-state index >= 15 is 0 Å². The molecule has 9 heteroatoms. The Kier molecular flexibility index (Phi) is 10.4. The third-order valence-corrected chi connectivity index (χ3v) is 6.63. The number of hydrogen-bond donors (Lipinski definition) is 3. The molecule has 0 radical (unpaired) electrons. The van der Waals surface area contributed by atoms with E-state index in [1.54, 1.807) is 71.9 Å². The molecule has 214 valence electrons. The van der Waals surface area contributed by atoms with E-state index in [9.17, 15) is 19.5 Å². The quantitative estimate of drug-likeness (QED) is 0.337. The average Bonchev–Trinajstić information content (AvgIpc) is 2.81. The number of hydrogen-bond acceptors (Lipinski definition) is 5. The van der Waals surface area contributed by atoms with Crippen molar-refractivity contribution in [1.29, 1.82) is 0 Å². The summed E-state index contributed by atoms with van der Waals surface area (Å²) < 4.78 is 5.44. The Morgan fingerprint density at radius 2 is 1.64 bits per heavy atom. The van der Waals surface area contributed by atoms with E-state index in [0.29, 0.717) is 17.1 Å². The Balaban J connectivity index is 2.67. The van der Waals surface area contributed by atoms with Crippen molar-refractivity contribution in [2.24, 2.45) is 5.92 Å². The highest BCUT2D eigenvalue weighted by atomic mass is 35.5. The fourth-order valence-electron chi connectivity index (χ4n) is 4.21. The van der Waals surface area contributed by atoms with Gasteiger partial charge in [0, 0.05) is 11.1 Å². The minimum atomic E-state index is -1.25. The minimum Gasteiger partial charge on any atom is -0.508 e. The van der Waals surface area contributed by atoms with Gasteiger partial charge < -0.3 is 25.4 Å². The molecule has 0 bridgehead atoms. The maximum Gasteiger partial charge on any atom is 0.408 e. The summed E-state index contributed by atoms with van der Waals surface area (Å²) >= 11 is 6.40. The summed E-state index contributed by atoms with van der Waals surface area (Å²) in [6.45, 7) is 16.2. The van der Waals surface area contributed by atoms with Gasteiger partial charge in [0.05, 0.1) is 10.7 Å². The average molecular weight is 560 g/mol. The fourth-order valence-corrected chi connectivity index (χ4v) is 4.48. The Bertz CT molecular complexity index is 1170. The molecular formula is C30H42ClN3O5. The van der Waals surface area contributed by atoms with E-state index in [-0.39, 0.29) is 17.2 Å². The topological polar surface area (TPSA) is 108 Å². The van der Waals surface area contributed by atoms with Gasteiger partial charge in [0.15, 0.2) is 0 Å². The van der Waals surface area contributed by atoms with Crippen LogP contribution in [0.3, 0.4) is 0 Å². The molecule has 2 aromatic carbocycles. The number of carbonyl (C=O) groups excluding carboxylic acids is 3. The highest BCUT2D eigenvalue weighted by Gasteiger charge is 2.44.